The predicted molar refractivity (Wildman–Crippen MR) is 98.6 cm³/mol. The zero-order chi connectivity index (χ0) is 18.1. The fourth-order valence-electron chi connectivity index (χ4n) is 3.75. The zero-order valence-electron chi connectivity index (χ0n) is 15.3. The largest absolute Gasteiger partial charge is 0.493 e. The smallest absolute Gasteiger partial charge is 0.228 e. The SMILES string of the molecule is COc1ccc(NC(=O)C2CC2c2cnn(C)c2)cc1OC1CCCC1. The van der Waals surface area contributed by atoms with Gasteiger partial charge < -0.3 is 14.8 Å². The minimum atomic E-state index is 0.0144. The van der Waals surface area contributed by atoms with E-state index in [1.54, 1.807) is 11.8 Å². The molecule has 2 fully saturated rings. The Balaban J connectivity index is 1.42. The molecule has 2 atom stereocenters. The van der Waals surface area contributed by atoms with Gasteiger partial charge in [-0.05, 0) is 55.7 Å². The number of ether oxygens (including phenoxy) is 2. The normalized spacial score (nSPS) is 22.2. The maximum absolute atomic E-state index is 12.6. The summed E-state index contributed by atoms with van der Waals surface area (Å²) in [6.45, 7) is 0. The molecule has 0 radical (unpaired) electrons. The molecule has 2 unspecified atom stereocenters. The van der Waals surface area contributed by atoms with E-state index in [0.29, 0.717) is 11.5 Å². The molecule has 6 heteroatoms. The number of rotatable bonds is 6. The Labute approximate surface area is 153 Å². The number of anilines is 1. The number of amides is 1. The Kier molecular flexibility index (Phi) is 4.57. The molecule has 2 aromatic rings. The Morgan fingerprint density at radius 1 is 1.27 bits per heavy atom. The molecular weight excluding hydrogens is 330 g/mol. The van der Waals surface area contributed by atoms with Gasteiger partial charge in [0, 0.05) is 30.9 Å². The van der Waals surface area contributed by atoms with Crippen LogP contribution in [0.3, 0.4) is 0 Å². The summed E-state index contributed by atoms with van der Waals surface area (Å²) >= 11 is 0. The second-order valence-corrected chi connectivity index (χ2v) is 7.28. The summed E-state index contributed by atoms with van der Waals surface area (Å²) in [4.78, 5) is 12.6. The van der Waals surface area contributed by atoms with Gasteiger partial charge in [0.2, 0.25) is 5.91 Å². The topological polar surface area (TPSA) is 65.4 Å². The number of aryl methyl sites for hydroxylation is 1. The fraction of sp³-hybridized carbons (Fsp3) is 0.500. The van der Waals surface area contributed by atoms with E-state index in [-0.39, 0.29) is 23.8 Å². The summed E-state index contributed by atoms with van der Waals surface area (Å²) in [7, 11) is 3.53. The van der Waals surface area contributed by atoms with E-state index in [2.05, 4.69) is 10.4 Å². The van der Waals surface area contributed by atoms with Crippen LogP contribution in [0.5, 0.6) is 11.5 Å². The summed E-state index contributed by atoms with van der Waals surface area (Å²) in [6.07, 6.45) is 9.52. The number of hydrogen-bond acceptors (Lipinski definition) is 4. The van der Waals surface area contributed by atoms with Gasteiger partial charge in [0.25, 0.3) is 0 Å². The third-order valence-electron chi connectivity index (χ3n) is 5.31. The Bertz CT molecular complexity index is 795. The predicted octanol–water partition coefficient (Wildman–Crippen LogP) is 3.49. The lowest BCUT2D eigenvalue weighted by Crippen LogP contribution is -2.15. The monoisotopic (exact) mass is 355 g/mol. The van der Waals surface area contributed by atoms with E-state index >= 15 is 0 Å². The number of methoxy groups -OCH3 is 1. The number of aromatic nitrogens is 2. The van der Waals surface area contributed by atoms with Crippen molar-refractivity contribution in [3.05, 3.63) is 36.2 Å². The van der Waals surface area contributed by atoms with E-state index in [0.717, 1.165) is 30.5 Å². The minimum Gasteiger partial charge on any atom is -0.493 e. The first-order valence-electron chi connectivity index (χ1n) is 9.28. The number of benzene rings is 1. The third-order valence-corrected chi connectivity index (χ3v) is 5.31. The van der Waals surface area contributed by atoms with Crippen LogP contribution in [0.1, 0.15) is 43.6 Å². The maximum Gasteiger partial charge on any atom is 0.228 e. The van der Waals surface area contributed by atoms with E-state index < -0.39 is 0 Å². The van der Waals surface area contributed by atoms with Gasteiger partial charge in [-0.25, -0.2) is 0 Å². The number of hydrogen-bond donors (Lipinski definition) is 1. The first-order chi connectivity index (χ1) is 12.6. The van der Waals surface area contributed by atoms with Crippen LogP contribution in [-0.2, 0) is 11.8 Å². The molecule has 1 heterocycles. The Hall–Kier alpha value is -2.50. The molecule has 0 bridgehead atoms. The zero-order valence-corrected chi connectivity index (χ0v) is 15.3. The molecule has 0 spiro atoms. The van der Waals surface area contributed by atoms with Crippen molar-refractivity contribution in [2.75, 3.05) is 12.4 Å². The second-order valence-electron chi connectivity index (χ2n) is 7.28. The molecule has 0 saturated heterocycles. The van der Waals surface area contributed by atoms with Crippen molar-refractivity contribution < 1.29 is 14.3 Å². The standard InChI is InChI=1S/C20H25N3O3/c1-23-12-13(11-21-23)16-10-17(16)20(24)22-14-7-8-18(25-2)19(9-14)26-15-5-3-4-6-15/h7-9,11-12,15-17H,3-6,10H2,1-2H3,(H,22,24). The van der Waals surface area contributed by atoms with Gasteiger partial charge in [0.15, 0.2) is 11.5 Å². The van der Waals surface area contributed by atoms with Crippen LogP contribution >= 0.6 is 0 Å². The van der Waals surface area contributed by atoms with Gasteiger partial charge in [-0.3, -0.25) is 9.48 Å². The van der Waals surface area contributed by atoms with Crippen LogP contribution in [0.25, 0.3) is 0 Å². The van der Waals surface area contributed by atoms with Crippen molar-refractivity contribution in [1.29, 1.82) is 0 Å². The van der Waals surface area contributed by atoms with Crippen molar-refractivity contribution in [1.82, 2.24) is 9.78 Å². The molecule has 138 valence electrons. The van der Waals surface area contributed by atoms with Gasteiger partial charge in [0.1, 0.15) is 0 Å². The maximum atomic E-state index is 12.6. The van der Waals surface area contributed by atoms with Crippen LogP contribution in [-0.4, -0.2) is 28.9 Å². The average Bonchev–Trinajstić information content (AvgIpc) is 3.04. The third kappa shape index (κ3) is 3.54. The lowest BCUT2D eigenvalue weighted by molar-refractivity contribution is -0.117. The molecule has 1 amide bonds. The van der Waals surface area contributed by atoms with Gasteiger partial charge >= 0.3 is 0 Å². The highest BCUT2D eigenvalue weighted by atomic mass is 16.5. The van der Waals surface area contributed by atoms with Crippen LogP contribution in [0.2, 0.25) is 0 Å². The van der Waals surface area contributed by atoms with Crippen LogP contribution in [0.4, 0.5) is 5.69 Å². The van der Waals surface area contributed by atoms with Gasteiger partial charge in [-0.2, -0.15) is 5.10 Å². The fourth-order valence-corrected chi connectivity index (χ4v) is 3.75. The molecule has 1 N–H and O–H groups in total. The van der Waals surface area contributed by atoms with E-state index in [9.17, 15) is 4.79 Å². The number of nitrogens with one attached hydrogen (secondary N) is 1. The molecule has 26 heavy (non-hydrogen) atoms. The molecule has 0 aliphatic heterocycles. The van der Waals surface area contributed by atoms with E-state index in [1.165, 1.54) is 12.8 Å². The average molecular weight is 355 g/mol. The molecule has 1 aromatic heterocycles. The van der Waals surface area contributed by atoms with Crippen molar-refractivity contribution in [2.24, 2.45) is 13.0 Å². The van der Waals surface area contributed by atoms with Gasteiger partial charge in [-0.1, -0.05) is 0 Å². The summed E-state index contributed by atoms with van der Waals surface area (Å²) in [5.74, 6) is 1.75. The van der Waals surface area contributed by atoms with Gasteiger partial charge in [0.05, 0.1) is 19.4 Å². The Morgan fingerprint density at radius 2 is 2.08 bits per heavy atom. The molecule has 2 saturated carbocycles. The lowest BCUT2D eigenvalue weighted by Gasteiger charge is -2.17. The molecular formula is C20H25N3O3. The molecule has 2 aliphatic rings. The molecule has 2 aliphatic carbocycles. The van der Waals surface area contributed by atoms with Crippen molar-refractivity contribution in [2.45, 2.75) is 44.1 Å². The number of carbonyl (C=O) groups is 1. The molecule has 6 nitrogen and oxygen atoms in total. The summed E-state index contributed by atoms with van der Waals surface area (Å²) in [6, 6.07) is 5.58. The van der Waals surface area contributed by atoms with Crippen molar-refractivity contribution in [3.8, 4) is 11.5 Å². The lowest BCUT2D eigenvalue weighted by atomic mass is 10.2. The molecule has 4 rings (SSSR count). The van der Waals surface area contributed by atoms with Crippen LogP contribution < -0.4 is 14.8 Å². The highest BCUT2D eigenvalue weighted by Gasteiger charge is 2.44. The highest BCUT2D eigenvalue weighted by molar-refractivity contribution is 5.95. The van der Waals surface area contributed by atoms with Crippen LogP contribution in [0, 0.1) is 5.92 Å². The first-order valence-corrected chi connectivity index (χ1v) is 9.28. The van der Waals surface area contributed by atoms with Crippen molar-refractivity contribution >= 4 is 11.6 Å². The van der Waals surface area contributed by atoms with Crippen LogP contribution in [0.15, 0.2) is 30.6 Å². The number of carbonyl (C=O) groups excluding carboxylic acids is 1. The first kappa shape index (κ1) is 16.9. The molecule has 1 aromatic carbocycles. The van der Waals surface area contributed by atoms with Crippen molar-refractivity contribution in [3.63, 3.8) is 0 Å². The minimum absolute atomic E-state index is 0.0144. The summed E-state index contributed by atoms with van der Waals surface area (Å²) in [5.41, 5.74) is 1.88. The highest BCUT2D eigenvalue weighted by Crippen LogP contribution is 2.48. The Morgan fingerprint density at radius 3 is 2.77 bits per heavy atom. The quantitative estimate of drug-likeness (QED) is 0.861. The van der Waals surface area contributed by atoms with Gasteiger partial charge in [-0.15, -0.1) is 0 Å². The summed E-state index contributed by atoms with van der Waals surface area (Å²) in [5, 5.41) is 7.21. The second kappa shape index (κ2) is 7.02. The summed E-state index contributed by atoms with van der Waals surface area (Å²) < 4.78 is 13.3. The van der Waals surface area contributed by atoms with E-state index in [4.69, 9.17) is 9.47 Å². The number of nitrogens with zero attached hydrogens (tertiary/aromatic N) is 2. The van der Waals surface area contributed by atoms with E-state index in [1.807, 2.05) is 37.6 Å².